The lowest BCUT2D eigenvalue weighted by Gasteiger charge is -2.13. The van der Waals surface area contributed by atoms with Gasteiger partial charge in [-0.25, -0.2) is 4.98 Å². The molecule has 7 rings (SSSR count). The van der Waals surface area contributed by atoms with Crippen molar-refractivity contribution in [3.63, 3.8) is 0 Å². The molecule has 0 unspecified atom stereocenters. The quantitative estimate of drug-likeness (QED) is 0.250. The summed E-state index contributed by atoms with van der Waals surface area (Å²) >= 11 is 0. The third-order valence-electron chi connectivity index (χ3n) is 7.40. The molecule has 0 spiro atoms. The Morgan fingerprint density at radius 2 is 1.40 bits per heavy atom. The number of nitrogens with zero attached hydrogens (tertiary/aromatic N) is 3. The summed E-state index contributed by atoms with van der Waals surface area (Å²) in [6, 6.07) is 34.7. The highest BCUT2D eigenvalue weighted by molar-refractivity contribution is 5.88. The normalized spacial score (nSPS) is 13.7. The van der Waals surface area contributed by atoms with E-state index in [9.17, 15) is 0 Å². The molecule has 0 radical (unpaired) electrons. The van der Waals surface area contributed by atoms with E-state index in [-0.39, 0.29) is 0 Å². The van der Waals surface area contributed by atoms with Gasteiger partial charge in [-0.15, -0.1) is 0 Å². The fraction of sp³-hybridized carbons (Fsp3) is 0.156. The Kier molecular flexibility index (Phi) is 4.80. The van der Waals surface area contributed by atoms with Crippen molar-refractivity contribution in [3.8, 4) is 28.2 Å². The molecule has 6 aromatic rings. The molecule has 0 bridgehead atoms. The number of fused-ring (bicyclic) bond motifs is 4. The lowest BCUT2D eigenvalue weighted by molar-refractivity contribution is 0.704. The van der Waals surface area contributed by atoms with Crippen LogP contribution in [0.1, 0.15) is 30.5 Å². The van der Waals surface area contributed by atoms with Gasteiger partial charge in [-0.1, -0.05) is 73.2 Å². The SMILES string of the molecule is c1ccc(-c2nc3ccccn3c2-c2ccc(-n3c4c(c5ccccc53)CCCCC4)cc2)cc1. The summed E-state index contributed by atoms with van der Waals surface area (Å²) in [6.45, 7) is 0. The van der Waals surface area contributed by atoms with Crippen molar-refractivity contribution < 1.29 is 0 Å². The van der Waals surface area contributed by atoms with Crippen LogP contribution in [0, 0.1) is 0 Å². The van der Waals surface area contributed by atoms with Crippen LogP contribution in [0.25, 0.3) is 44.8 Å². The predicted octanol–water partition coefficient (Wildman–Crippen LogP) is 7.88. The summed E-state index contributed by atoms with van der Waals surface area (Å²) in [5, 5.41) is 1.42. The molecule has 1 aliphatic carbocycles. The van der Waals surface area contributed by atoms with Gasteiger partial charge < -0.3 is 4.57 Å². The lowest BCUT2D eigenvalue weighted by atomic mass is 10.0. The highest BCUT2D eigenvalue weighted by atomic mass is 15.0. The Morgan fingerprint density at radius 1 is 0.629 bits per heavy atom. The fourth-order valence-electron chi connectivity index (χ4n) is 5.80. The number of aromatic nitrogens is 3. The molecule has 3 heteroatoms. The van der Waals surface area contributed by atoms with Crippen LogP contribution >= 0.6 is 0 Å². The Labute approximate surface area is 205 Å². The number of imidazole rings is 1. The van der Waals surface area contributed by atoms with Crippen LogP contribution in [0.2, 0.25) is 0 Å². The van der Waals surface area contributed by atoms with E-state index in [4.69, 9.17) is 4.98 Å². The second-order valence-corrected chi connectivity index (χ2v) is 9.49. The molecule has 170 valence electrons. The molecule has 0 saturated carbocycles. The largest absolute Gasteiger partial charge is 0.313 e. The number of rotatable bonds is 3. The number of para-hydroxylation sites is 1. The Hall–Kier alpha value is -4.11. The Bertz CT molecular complexity index is 1650. The summed E-state index contributed by atoms with van der Waals surface area (Å²) in [4.78, 5) is 5.00. The second kappa shape index (κ2) is 8.28. The van der Waals surface area contributed by atoms with Crippen molar-refractivity contribution in [1.82, 2.24) is 14.0 Å². The highest BCUT2D eigenvalue weighted by Crippen LogP contribution is 2.36. The average Bonchev–Trinajstić information content (AvgIpc) is 3.35. The van der Waals surface area contributed by atoms with Crippen LogP contribution in [0.5, 0.6) is 0 Å². The van der Waals surface area contributed by atoms with Crippen LogP contribution in [0.4, 0.5) is 0 Å². The second-order valence-electron chi connectivity index (χ2n) is 9.49. The maximum Gasteiger partial charge on any atom is 0.137 e. The molecule has 35 heavy (non-hydrogen) atoms. The number of benzene rings is 3. The number of pyridine rings is 1. The zero-order chi connectivity index (χ0) is 23.2. The number of hydrogen-bond acceptors (Lipinski definition) is 1. The first-order valence-electron chi connectivity index (χ1n) is 12.6. The third kappa shape index (κ3) is 3.30. The summed E-state index contributed by atoms with van der Waals surface area (Å²) in [5.41, 5.74) is 11.0. The first-order valence-corrected chi connectivity index (χ1v) is 12.6. The van der Waals surface area contributed by atoms with Gasteiger partial charge in [0, 0.05) is 34.1 Å². The Balaban J connectivity index is 1.40. The minimum atomic E-state index is 0.965. The molecule has 3 nitrogen and oxygen atoms in total. The minimum absolute atomic E-state index is 0.965. The summed E-state index contributed by atoms with van der Waals surface area (Å²) < 4.78 is 4.71. The van der Waals surface area contributed by atoms with E-state index in [1.807, 2.05) is 6.07 Å². The van der Waals surface area contributed by atoms with Crippen LogP contribution in [0.3, 0.4) is 0 Å². The molecule has 0 saturated heterocycles. The average molecular weight is 454 g/mol. The van der Waals surface area contributed by atoms with Gasteiger partial charge in [-0.3, -0.25) is 4.40 Å². The van der Waals surface area contributed by atoms with Gasteiger partial charge >= 0.3 is 0 Å². The summed E-state index contributed by atoms with van der Waals surface area (Å²) in [7, 11) is 0. The molecule has 0 fully saturated rings. The zero-order valence-corrected chi connectivity index (χ0v) is 19.7. The molecule has 3 heterocycles. The first-order chi connectivity index (χ1) is 17.4. The summed E-state index contributed by atoms with van der Waals surface area (Å²) in [6.07, 6.45) is 8.32. The van der Waals surface area contributed by atoms with Gasteiger partial charge in [0.1, 0.15) is 5.65 Å². The summed E-state index contributed by atoms with van der Waals surface area (Å²) in [5.74, 6) is 0. The first kappa shape index (κ1) is 20.3. The van der Waals surface area contributed by atoms with Crippen LogP contribution in [-0.2, 0) is 12.8 Å². The molecule has 0 N–H and O–H groups in total. The molecule has 3 aromatic carbocycles. The fourth-order valence-corrected chi connectivity index (χ4v) is 5.80. The molecule has 0 aliphatic heterocycles. The maximum absolute atomic E-state index is 5.00. The van der Waals surface area contributed by atoms with Crippen molar-refractivity contribution in [2.75, 3.05) is 0 Å². The number of hydrogen-bond donors (Lipinski definition) is 0. The van der Waals surface area contributed by atoms with Crippen LogP contribution < -0.4 is 0 Å². The number of aryl methyl sites for hydroxylation is 1. The standard InChI is InChI=1S/C32H27N3/c1-3-11-23(12-4-1)31-32(34-22-10-9-17-30(34)33-31)24-18-20-25(21-19-24)35-28-15-6-2-5-13-26(28)27-14-7-8-16-29(27)35/h1,3-4,7-12,14,16-22H,2,5-6,13,15H2. The molecule has 1 aliphatic rings. The smallest absolute Gasteiger partial charge is 0.137 e. The zero-order valence-electron chi connectivity index (χ0n) is 19.7. The maximum atomic E-state index is 5.00. The van der Waals surface area contributed by atoms with Gasteiger partial charge in [-0.05, 0) is 61.6 Å². The van der Waals surface area contributed by atoms with E-state index in [2.05, 4.69) is 106 Å². The van der Waals surface area contributed by atoms with E-state index in [0.717, 1.165) is 29.0 Å². The van der Waals surface area contributed by atoms with Crippen molar-refractivity contribution in [1.29, 1.82) is 0 Å². The predicted molar refractivity (Wildman–Crippen MR) is 144 cm³/mol. The van der Waals surface area contributed by atoms with E-state index in [0.29, 0.717) is 0 Å². The van der Waals surface area contributed by atoms with Gasteiger partial charge in [0.05, 0.1) is 16.9 Å². The van der Waals surface area contributed by atoms with Gasteiger partial charge in [0.25, 0.3) is 0 Å². The molecule has 3 aromatic heterocycles. The van der Waals surface area contributed by atoms with E-state index in [1.165, 1.54) is 53.5 Å². The van der Waals surface area contributed by atoms with Crippen molar-refractivity contribution in [2.24, 2.45) is 0 Å². The topological polar surface area (TPSA) is 22.2 Å². The van der Waals surface area contributed by atoms with Gasteiger partial charge in [-0.2, -0.15) is 0 Å². The van der Waals surface area contributed by atoms with E-state index >= 15 is 0 Å². The van der Waals surface area contributed by atoms with Crippen LogP contribution in [-0.4, -0.2) is 14.0 Å². The third-order valence-corrected chi connectivity index (χ3v) is 7.40. The van der Waals surface area contributed by atoms with Gasteiger partial charge in [0.2, 0.25) is 0 Å². The van der Waals surface area contributed by atoms with E-state index < -0.39 is 0 Å². The van der Waals surface area contributed by atoms with Crippen LogP contribution in [0.15, 0.2) is 103 Å². The van der Waals surface area contributed by atoms with E-state index in [1.54, 1.807) is 5.56 Å². The highest BCUT2D eigenvalue weighted by Gasteiger charge is 2.20. The van der Waals surface area contributed by atoms with Crippen molar-refractivity contribution in [3.05, 3.63) is 115 Å². The minimum Gasteiger partial charge on any atom is -0.313 e. The molecule has 0 atom stereocenters. The Morgan fingerprint density at radius 3 is 2.29 bits per heavy atom. The monoisotopic (exact) mass is 453 g/mol. The molecular weight excluding hydrogens is 426 g/mol. The molecular formula is C32H27N3. The van der Waals surface area contributed by atoms with Crippen molar-refractivity contribution in [2.45, 2.75) is 32.1 Å². The molecule has 0 amide bonds. The van der Waals surface area contributed by atoms with Gasteiger partial charge in [0.15, 0.2) is 0 Å². The lowest BCUT2D eigenvalue weighted by Crippen LogP contribution is -2.01. The van der Waals surface area contributed by atoms with Crippen molar-refractivity contribution >= 4 is 16.6 Å².